The molecule has 1 heterocycles. The van der Waals surface area contributed by atoms with E-state index in [1.807, 2.05) is 18.2 Å². The van der Waals surface area contributed by atoms with Crippen LogP contribution in [-0.4, -0.2) is 13.0 Å². The summed E-state index contributed by atoms with van der Waals surface area (Å²) in [4.78, 5) is 12.6. The minimum atomic E-state index is -0.988. The van der Waals surface area contributed by atoms with Gasteiger partial charge >= 0.3 is 0 Å². The van der Waals surface area contributed by atoms with Crippen LogP contribution >= 0.6 is 11.3 Å². The fraction of sp³-hybridized carbons (Fsp3) is 0.0625. The predicted octanol–water partition coefficient (Wildman–Crippen LogP) is 3.95. The molecule has 0 saturated carbocycles. The fourth-order valence-corrected chi connectivity index (χ4v) is 2.96. The van der Waals surface area contributed by atoms with Crippen molar-refractivity contribution in [2.45, 2.75) is 0 Å². The first kappa shape index (κ1) is 15.2. The highest BCUT2D eigenvalue weighted by molar-refractivity contribution is 7.20. The molecular weight excluding hydrogens is 322 g/mol. The Hall–Kier alpha value is -2.67. The number of ether oxygens (including phenoxy) is 1. The monoisotopic (exact) mass is 334 g/mol. The molecule has 0 aliphatic carbocycles. The number of thiophene rings is 1. The van der Waals surface area contributed by atoms with Gasteiger partial charge in [-0.3, -0.25) is 15.6 Å². The molecule has 0 saturated heterocycles. The number of amides is 1. The minimum absolute atomic E-state index is 0.250. The Morgan fingerprint density at radius 1 is 1.09 bits per heavy atom. The summed E-state index contributed by atoms with van der Waals surface area (Å²) in [7, 11) is 1.58. The molecule has 2 N–H and O–H groups in total. The van der Waals surface area contributed by atoms with E-state index in [-0.39, 0.29) is 11.6 Å². The molecule has 0 radical (unpaired) electrons. The number of hydrogen-bond donors (Lipinski definition) is 2. The van der Waals surface area contributed by atoms with Crippen LogP contribution in [0.5, 0.6) is 5.75 Å². The maximum atomic E-state index is 13.1. The van der Waals surface area contributed by atoms with Gasteiger partial charge in [-0.2, -0.15) is 0 Å². The van der Waals surface area contributed by atoms with Gasteiger partial charge in [-0.05, 0) is 41.8 Å². The molecule has 0 spiro atoms. The molecule has 7 heteroatoms. The zero-order valence-electron chi connectivity index (χ0n) is 12.0. The van der Waals surface area contributed by atoms with Crippen LogP contribution in [0.2, 0.25) is 0 Å². The number of hydrazine groups is 1. The van der Waals surface area contributed by atoms with E-state index in [1.165, 1.54) is 17.4 Å². The van der Waals surface area contributed by atoms with Gasteiger partial charge in [0.15, 0.2) is 11.6 Å². The van der Waals surface area contributed by atoms with E-state index in [2.05, 4.69) is 10.9 Å². The summed E-state index contributed by atoms with van der Waals surface area (Å²) in [5.41, 5.74) is 5.26. The van der Waals surface area contributed by atoms with Gasteiger partial charge in [0.05, 0.1) is 17.7 Å². The Labute approximate surface area is 134 Å². The van der Waals surface area contributed by atoms with Crippen LogP contribution in [0.1, 0.15) is 9.67 Å². The molecule has 1 amide bonds. The molecule has 0 bridgehead atoms. The lowest BCUT2D eigenvalue weighted by Gasteiger charge is -2.07. The van der Waals surface area contributed by atoms with E-state index in [4.69, 9.17) is 4.74 Å². The fourth-order valence-electron chi connectivity index (χ4n) is 2.02. The first-order valence-electron chi connectivity index (χ1n) is 6.66. The average molecular weight is 334 g/mol. The van der Waals surface area contributed by atoms with E-state index < -0.39 is 11.6 Å². The Balaban J connectivity index is 1.73. The van der Waals surface area contributed by atoms with Crippen LogP contribution in [-0.2, 0) is 0 Å². The number of carbonyl (C=O) groups excluding carboxylic acids is 1. The van der Waals surface area contributed by atoms with Crippen LogP contribution in [0.4, 0.5) is 14.5 Å². The molecule has 1 aromatic heterocycles. The molecule has 3 rings (SSSR count). The van der Waals surface area contributed by atoms with Gasteiger partial charge in [0, 0.05) is 10.8 Å². The van der Waals surface area contributed by atoms with Crippen molar-refractivity contribution in [2.24, 2.45) is 0 Å². The Kier molecular flexibility index (Phi) is 4.12. The molecule has 0 fully saturated rings. The minimum Gasteiger partial charge on any atom is -0.497 e. The summed E-state index contributed by atoms with van der Waals surface area (Å²) in [6.07, 6.45) is 0. The smallest absolute Gasteiger partial charge is 0.279 e. The van der Waals surface area contributed by atoms with Gasteiger partial charge in [-0.25, -0.2) is 8.78 Å². The lowest BCUT2D eigenvalue weighted by atomic mass is 10.2. The number of rotatable bonds is 4. The van der Waals surface area contributed by atoms with Crippen molar-refractivity contribution in [3.63, 3.8) is 0 Å². The van der Waals surface area contributed by atoms with Crippen LogP contribution < -0.4 is 15.6 Å². The second-order valence-corrected chi connectivity index (χ2v) is 5.81. The highest BCUT2D eigenvalue weighted by atomic mass is 32.1. The summed E-state index contributed by atoms with van der Waals surface area (Å²) >= 11 is 1.32. The maximum absolute atomic E-state index is 13.1. The summed E-state index contributed by atoms with van der Waals surface area (Å²) in [6.45, 7) is 0. The van der Waals surface area contributed by atoms with Crippen molar-refractivity contribution >= 4 is 33.0 Å². The van der Waals surface area contributed by atoms with Crippen molar-refractivity contribution in [3.8, 4) is 5.75 Å². The van der Waals surface area contributed by atoms with Crippen molar-refractivity contribution in [1.29, 1.82) is 0 Å². The normalized spacial score (nSPS) is 10.6. The van der Waals surface area contributed by atoms with Gasteiger partial charge in [0.2, 0.25) is 0 Å². The number of hydrogen-bond acceptors (Lipinski definition) is 4. The van der Waals surface area contributed by atoms with Crippen LogP contribution in [0.25, 0.3) is 10.1 Å². The summed E-state index contributed by atoms with van der Waals surface area (Å²) in [6, 6.07) is 10.5. The van der Waals surface area contributed by atoms with Crippen molar-refractivity contribution in [2.75, 3.05) is 12.5 Å². The molecule has 0 aliphatic rings. The highest BCUT2D eigenvalue weighted by Gasteiger charge is 2.11. The third-order valence-corrected chi connectivity index (χ3v) is 4.30. The quantitative estimate of drug-likeness (QED) is 0.711. The topological polar surface area (TPSA) is 50.4 Å². The summed E-state index contributed by atoms with van der Waals surface area (Å²) < 4.78 is 32.0. The average Bonchev–Trinajstić information content (AvgIpc) is 2.98. The van der Waals surface area contributed by atoms with E-state index in [0.29, 0.717) is 10.6 Å². The van der Waals surface area contributed by atoms with E-state index in [0.717, 1.165) is 22.2 Å². The number of halogens is 2. The number of carbonyl (C=O) groups is 1. The zero-order chi connectivity index (χ0) is 16.4. The standard InChI is InChI=1S/C16H12F2N2O2S/c1-22-11-3-5-14-9(6-11)7-15(23-14)16(21)20-19-10-2-4-12(17)13(18)8-10/h2-8,19H,1H3,(H,20,21). The second kappa shape index (κ2) is 6.21. The van der Waals surface area contributed by atoms with Gasteiger partial charge in [0.25, 0.3) is 5.91 Å². The number of benzene rings is 2. The second-order valence-electron chi connectivity index (χ2n) is 4.72. The van der Waals surface area contributed by atoms with E-state index in [1.54, 1.807) is 13.2 Å². The van der Waals surface area contributed by atoms with E-state index >= 15 is 0 Å². The molecule has 2 aromatic carbocycles. The van der Waals surface area contributed by atoms with Gasteiger partial charge < -0.3 is 4.74 Å². The Bertz CT molecular complexity index is 880. The van der Waals surface area contributed by atoms with Gasteiger partial charge in [-0.1, -0.05) is 0 Å². The third kappa shape index (κ3) is 3.24. The van der Waals surface area contributed by atoms with Crippen LogP contribution in [0.15, 0.2) is 42.5 Å². The van der Waals surface area contributed by atoms with Crippen molar-refractivity contribution in [1.82, 2.24) is 5.43 Å². The Morgan fingerprint density at radius 2 is 1.91 bits per heavy atom. The maximum Gasteiger partial charge on any atom is 0.279 e. The molecule has 118 valence electrons. The largest absolute Gasteiger partial charge is 0.497 e. The van der Waals surface area contributed by atoms with Crippen LogP contribution in [0, 0.1) is 11.6 Å². The zero-order valence-corrected chi connectivity index (χ0v) is 12.8. The van der Waals surface area contributed by atoms with Gasteiger partial charge in [0.1, 0.15) is 5.75 Å². The molecule has 4 nitrogen and oxygen atoms in total. The van der Waals surface area contributed by atoms with Crippen molar-refractivity contribution < 1.29 is 18.3 Å². The number of methoxy groups -OCH3 is 1. The Morgan fingerprint density at radius 3 is 2.65 bits per heavy atom. The SMILES string of the molecule is COc1ccc2sc(C(=O)NNc3ccc(F)c(F)c3)cc2c1. The third-order valence-electron chi connectivity index (χ3n) is 3.19. The summed E-state index contributed by atoms with van der Waals surface area (Å²) in [5, 5.41) is 0.896. The number of fused-ring (bicyclic) bond motifs is 1. The molecule has 0 atom stereocenters. The number of anilines is 1. The summed E-state index contributed by atoms with van der Waals surface area (Å²) in [5.74, 6) is -1.59. The van der Waals surface area contributed by atoms with Gasteiger partial charge in [-0.15, -0.1) is 11.3 Å². The highest BCUT2D eigenvalue weighted by Crippen LogP contribution is 2.28. The molecule has 0 unspecified atom stereocenters. The lowest BCUT2D eigenvalue weighted by Crippen LogP contribution is -2.28. The molecular formula is C16H12F2N2O2S. The molecule has 3 aromatic rings. The molecule has 0 aliphatic heterocycles. The van der Waals surface area contributed by atoms with Crippen molar-refractivity contribution in [3.05, 3.63) is 59.0 Å². The first-order valence-corrected chi connectivity index (χ1v) is 7.47. The predicted molar refractivity (Wildman–Crippen MR) is 85.8 cm³/mol. The molecule has 23 heavy (non-hydrogen) atoms. The van der Waals surface area contributed by atoms with E-state index in [9.17, 15) is 13.6 Å². The lowest BCUT2D eigenvalue weighted by molar-refractivity contribution is 0.0966. The van der Waals surface area contributed by atoms with Crippen LogP contribution in [0.3, 0.4) is 0 Å². The number of nitrogens with one attached hydrogen (secondary N) is 2. The first-order chi connectivity index (χ1) is 11.1.